The molecule has 0 saturated carbocycles. The standard InChI is InChI=1S/C10H14BrN3OS/c1-7-6-16-4-3-14(7)10-12-5-8(11)9(13-10)15-2/h5,7H,3-4,6H2,1-2H3. The Balaban J connectivity index is 2.25. The highest BCUT2D eigenvalue weighted by Crippen LogP contribution is 2.26. The molecule has 0 radical (unpaired) electrons. The van der Waals surface area contributed by atoms with E-state index < -0.39 is 0 Å². The summed E-state index contributed by atoms with van der Waals surface area (Å²) in [6.07, 6.45) is 1.75. The summed E-state index contributed by atoms with van der Waals surface area (Å²) in [5.41, 5.74) is 0. The monoisotopic (exact) mass is 303 g/mol. The van der Waals surface area contributed by atoms with Gasteiger partial charge in [0.15, 0.2) is 0 Å². The summed E-state index contributed by atoms with van der Waals surface area (Å²) in [5.74, 6) is 3.61. The minimum atomic E-state index is 0.477. The summed E-state index contributed by atoms with van der Waals surface area (Å²) in [7, 11) is 1.62. The Kier molecular flexibility index (Phi) is 3.91. The molecule has 0 spiro atoms. The third kappa shape index (κ3) is 2.43. The zero-order chi connectivity index (χ0) is 11.5. The summed E-state index contributed by atoms with van der Waals surface area (Å²) in [4.78, 5) is 11.0. The van der Waals surface area contributed by atoms with Crippen molar-refractivity contribution >= 4 is 33.6 Å². The fourth-order valence-electron chi connectivity index (χ4n) is 1.65. The van der Waals surface area contributed by atoms with Gasteiger partial charge in [-0.1, -0.05) is 0 Å². The van der Waals surface area contributed by atoms with Crippen molar-refractivity contribution in [2.75, 3.05) is 30.1 Å². The molecule has 1 aliphatic heterocycles. The second-order valence-electron chi connectivity index (χ2n) is 3.64. The van der Waals surface area contributed by atoms with E-state index in [9.17, 15) is 0 Å². The van der Waals surface area contributed by atoms with E-state index in [0.29, 0.717) is 11.9 Å². The van der Waals surface area contributed by atoms with Crippen LogP contribution in [0.4, 0.5) is 5.95 Å². The van der Waals surface area contributed by atoms with E-state index in [2.05, 4.69) is 37.7 Å². The third-order valence-electron chi connectivity index (χ3n) is 2.52. The van der Waals surface area contributed by atoms with Gasteiger partial charge in [-0.2, -0.15) is 16.7 Å². The quantitative estimate of drug-likeness (QED) is 0.837. The number of ether oxygens (including phenoxy) is 1. The van der Waals surface area contributed by atoms with Crippen LogP contribution in [0, 0.1) is 0 Å². The van der Waals surface area contributed by atoms with Crippen molar-refractivity contribution in [2.24, 2.45) is 0 Å². The molecule has 0 aromatic carbocycles. The first-order valence-corrected chi connectivity index (χ1v) is 7.08. The van der Waals surface area contributed by atoms with E-state index in [4.69, 9.17) is 4.74 Å². The molecule has 0 bridgehead atoms. The first kappa shape index (κ1) is 12.0. The molecule has 1 unspecified atom stereocenters. The van der Waals surface area contributed by atoms with E-state index >= 15 is 0 Å². The number of methoxy groups -OCH3 is 1. The molecule has 4 nitrogen and oxygen atoms in total. The molecule has 2 heterocycles. The molecule has 1 fully saturated rings. The molecule has 2 rings (SSSR count). The molecule has 1 saturated heterocycles. The van der Waals surface area contributed by atoms with Gasteiger partial charge in [-0.25, -0.2) is 4.98 Å². The van der Waals surface area contributed by atoms with Gasteiger partial charge in [0.25, 0.3) is 0 Å². The van der Waals surface area contributed by atoms with Crippen LogP contribution in [0.1, 0.15) is 6.92 Å². The largest absolute Gasteiger partial charge is 0.480 e. The van der Waals surface area contributed by atoms with Gasteiger partial charge in [0.1, 0.15) is 0 Å². The molecule has 0 N–H and O–H groups in total. The van der Waals surface area contributed by atoms with E-state index in [0.717, 1.165) is 28.5 Å². The maximum absolute atomic E-state index is 5.18. The average molecular weight is 304 g/mol. The number of thioether (sulfide) groups is 1. The maximum atomic E-state index is 5.18. The molecule has 6 heteroatoms. The highest BCUT2D eigenvalue weighted by Gasteiger charge is 2.21. The van der Waals surface area contributed by atoms with Crippen LogP contribution in [-0.4, -0.2) is 41.2 Å². The smallest absolute Gasteiger partial charge is 0.232 e. The van der Waals surface area contributed by atoms with Gasteiger partial charge < -0.3 is 9.64 Å². The normalized spacial score (nSPS) is 20.9. The van der Waals surface area contributed by atoms with Gasteiger partial charge in [-0.3, -0.25) is 0 Å². The zero-order valence-electron chi connectivity index (χ0n) is 9.31. The number of nitrogens with zero attached hydrogens (tertiary/aromatic N) is 3. The van der Waals surface area contributed by atoms with Crippen molar-refractivity contribution in [1.29, 1.82) is 0 Å². The second kappa shape index (κ2) is 5.23. The Bertz CT molecular complexity index is 377. The summed E-state index contributed by atoms with van der Waals surface area (Å²) >= 11 is 5.33. The SMILES string of the molecule is COc1nc(N2CCSCC2C)ncc1Br. The van der Waals surface area contributed by atoms with Crippen LogP contribution >= 0.6 is 27.7 Å². The summed E-state index contributed by atoms with van der Waals surface area (Å²) in [6, 6.07) is 0.477. The predicted octanol–water partition coefficient (Wildman–Crippen LogP) is 2.19. The number of anilines is 1. The lowest BCUT2D eigenvalue weighted by Gasteiger charge is -2.33. The van der Waals surface area contributed by atoms with E-state index in [1.54, 1.807) is 13.3 Å². The first-order chi connectivity index (χ1) is 7.72. The minimum Gasteiger partial charge on any atom is -0.480 e. The molecule has 16 heavy (non-hydrogen) atoms. The van der Waals surface area contributed by atoms with Crippen LogP contribution in [0.3, 0.4) is 0 Å². The van der Waals surface area contributed by atoms with Crippen molar-refractivity contribution in [3.8, 4) is 5.88 Å². The molecule has 1 aromatic rings. The summed E-state index contributed by atoms with van der Waals surface area (Å²) in [5, 5.41) is 0. The van der Waals surface area contributed by atoms with Crippen molar-refractivity contribution in [3.63, 3.8) is 0 Å². The molecule has 1 aliphatic rings. The van der Waals surface area contributed by atoms with Gasteiger partial charge >= 0.3 is 0 Å². The van der Waals surface area contributed by atoms with Gasteiger partial charge in [0.05, 0.1) is 17.8 Å². The highest BCUT2D eigenvalue weighted by molar-refractivity contribution is 9.10. The third-order valence-corrected chi connectivity index (χ3v) is 4.25. The van der Waals surface area contributed by atoms with E-state index in [1.807, 2.05) is 11.8 Å². The lowest BCUT2D eigenvalue weighted by atomic mass is 10.3. The maximum Gasteiger partial charge on any atom is 0.232 e. The number of hydrogen-bond acceptors (Lipinski definition) is 5. The van der Waals surface area contributed by atoms with Crippen LogP contribution in [0.5, 0.6) is 5.88 Å². The van der Waals surface area contributed by atoms with Crippen LogP contribution in [0.2, 0.25) is 0 Å². The first-order valence-electron chi connectivity index (χ1n) is 5.13. The molecular formula is C10H14BrN3OS. The number of hydrogen-bond donors (Lipinski definition) is 0. The Morgan fingerprint density at radius 2 is 2.44 bits per heavy atom. The van der Waals surface area contributed by atoms with Gasteiger partial charge in [-0.05, 0) is 22.9 Å². The lowest BCUT2D eigenvalue weighted by Crippen LogP contribution is -2.41. The van der Waals surface area contributed by atoms with Crippen molar-refractivity contribution < 1.29 is 4.74 Å². The lowest BCUT2D eigenvalue weighted by molar-refractivity contribution is 0.393. The Morgan fingerprint density at radius 3 is 3.12 bits per heavy atom. The topological polar surface area (TPSA) is 38.2 Å². The highest BCUT2D eigenvalue weighted by atomic mass is 79.9. The van der Waals surface area contributed by atoms with Crippen LogP contribution in [0.15, 0.2) is 10.7 Å². The Morgan fingerprint density at radius 1 is 1.62 bits per heavy atom. The summed E-state index contributed by atoms with van der Waals surface area (Å²) < 4.78 is 5.97. The molecule has 88 valence electrons. The fourth-order valence-corrected chi connectivity index (χ4v) is 3.01. The van der Waals surface area contributed by atoms with Crippen LogP contribution in [0.25, 0.3) is 0 Å². The number of rotatable bonds is 2. The van der Waals surface area contributed by atoms with E-state index in [-0.39, 0.29) is 0 Å². The van der Waals surface area contributed by atoms with Crippen molar-refractivity contribution in [1.82, 2.24) is 9.97 Å². The number of halogens is 1. The summed E-state index contributed by atoms with van der Waals surface area (Å²) in [6.45, 7) is 3.20. The van der Waals surface area contributed by atoms with Crippen LogP contribution in [-0.2, 0) is 0 Å². The van der Waals surface area contributed by atoms with Crippen LogP contribution < -0.4 is 9.64 Å². The Hall–Kier alpha value is -0.490. The average Bonchev–Trinajstić information content (AvgIpc) is 2.31. The van der Waals surface area contributed by atoms with E-state index in [1.165, 1.54) is 0 Å². The van der Waals surface area contributed by atoms with Gasteiger partial charge in [0, 0.05) is 24.1 Å². The number of aromatic nitrogens is 2. The van der Waals surface area contributed by atoms with Crippen molar-refractivity contribution in [3.05, 3.63) is 10.7 Å². The molecule has 1 aromatic heterocycles. The Labute approximate surface area is 108 Å². The molecule has 0 amide bonds. The molecule has 1 atom stereocenters. The predicted molar refractivity (Wildman–Crippen MR) is 70.4 cm³/mol. The zero-order valence-corrected chi connectivity index (χ0v) is 11.7. The molecular weight excluding hydrogens is 290 g/mol. The second-order valence-corrected chi connectivity index (χ2v) is 5.65. The minimum absolute atomic E-state index is 0.477. The molecule has 0 aliphatic carbocycles. The van der Waals surface area contributed by atoms with Gasteiger partial charge in [0.2, 0.25) is 11.8 Å². The van der Waals surface area contributed by atoms with Gasteiger partial charge in [-0.15, -0.1) is 0 Å². The fraction of sp³-hybridized carbons (Fsp3) is 0.600. The van der Waals surface area contributed by atoms with Crippen molar-refractivity contribution in [2.45, 2.75) is 13.0 Å².